The fourth-order valence-electron chi connectivity index (χ4n) is 2.27. The molecule has 3 rings (SSSR count). The summed E-state index contributed by atoms with van der Waals surface area (Å²) < 4.78 is 0. The molecule has 4 heteroatoms. The average molecular weight is 247 g/mol. The lowest BCUT2D eigenvalue weighted by Crippen LogP contribution is -2.32. The van der Waals surface area contributed by atoms with Crippen LogP contribution in [-0.2, 0) is 0 Å². The highest BCUT2D eigenvalue weighted by Crippen LogP contribution is 2.49. The largest absolute Gasteiger partial charge is 0.384 e. The standard InChI is InChI=1S/C13H17N3S/c1-8-11(17-12(14)16-8)9-3-6-15-10(7-9)13(2)4-5-13/h3,6-7,10,15H,4-5H2,1-2H3,(H2,14,16). The van der Waals surface area contributed by atoms with Gasteiger partial charge < -0.3 is 11.1 Å². The summed E-state index contributed by atoms with van der Waals surface area (Å²) in [6.45, 7) is 4.36. The summed E-state index contributed by atoms with van der Waals surface area (Å²) in [5.41, 5.74) is 8.49. The van der Waals surface area contributed by atoms with E-state index in [0.29, 0.717) is 16.6 Å². The molecule has 2 heterocycles. The number of thiazole rings is 1. The van der Waals surface area contributed by atoms with Gasteiger partial charge in [0.05, 0.1) is 16.6 Å². The number of nitrogens with two attached hydrogens (primary N) is 1. The Kier molecular flexibility index (Phi) is 2.30. The molecular weight excluding hydrogens is 230 g/mol. The van der Waals surface area contributed by atoms with E-state index in [1.54, 1.807) is 11.3 Å². The first-order valence-electron chi connectivity index (χ1n) is 5.96. The van der Waals surface area contributed by atoms with Gasteiger partial charge in [0.15, 0.2) is 5.13 Å². The molecule has 90 valence electrons. The van der Waals surface area contributed by atoms with E-state index in [0.717, 1.165) is 5.69 Å². The summed E-state index contributed by atoms with van der Waals surface area (Å²) >= 11 is 1.57. The minimum atomic E-state index is 0.445. The molecule has 0 aromatic carbocycles. The fraction of sp³-hybridized carbons (Fsp3) is 0.462. The summed E-state index contributed by atoms with van der Waals surface area (Å²) in [7, 11) is 0. The number of anilines is 1. The fourth-order valence-corrected chi connectivity index (χ4v) is 3.11. The second-order valence-electron chi connectivity index (χ2n) is 5.22. The first-order valence-corrected chi connectivity index (χ1v) is 6.78. The SMILES string of the molecule is Cc1nc(N)sc1C1=CC(C2(C)CC2)NC=C1. The third kappa shape index (κ3) is 1.86. The minimum Gasteiger partial charge on any atom is -0.384 e. The minimum absolute atomic E-state index is 0.445. The number of aromatic nitrogens is 1. The molecule has 3 N–H and O–H groups in total. The molecule has 1 unspecified atom stereocenters. The van der Waals surface area contributed by atoms with Crippen molar-refractivity contribution < 1.29 is 0 Å². The normalized spacial score (nSPS) is 25.3. The number of hydrogen-bond acceptors (Lipinski definition) is 4. The van der Waals surface area contributed by atoms with Crippen molar-refractivity contribution in [3.05, 3.63) is 28.9 Å². The van der Waals surface area contributed by atoms with Gasteiger partial charge in [-0.25, -0.2) is 4.98 Å². The molecule has 2 aliphatic rings. The molecule has 1 saturated carbocycles. The highest BCUT2D eigenvalue weighted by molar-refractivity contribution is 7.16. The highest BCUT2D eigenvalue weighted by atomic mass is 32.1. The Balaban J connectivity index is 1.94. The molecule has 0 spiro atoms. The summed E-state index contributed by atoms with van der Waals surface area (Å²) in [4.78, 5) is 5.49. The molecule has 1 atom stereocenters. The van der Waals surface area contributed by atoms with Crippen molar-refractivity contribution in [1.82, 2.24) is 10.3 Å². The zero-order valence-electron chi connectivity index (χ0n) is 10.2. The molecule has 1 fully saturated rings. The monoisotopic (exact) mass is 247 g/mol. The van der Waals surface area contributed by atoms with Gasteiger partial charge in [-0.15, -0.1) is 0 Å². The molecule has 0 amide bonds. The smallest absolute Gasteiger partial charge is 0.180 e. The lowest BCUT2D eigenvalue weighted by atomic mass is 9.94. The van der Waals surface area contributed by atoms with Gasteiger partial charge >= 0.3 is 0 Å². The van der Waals surface area contributed by atoms with E-state index in [-0.39, 0.29) is 0 Å². The zero-order valence-corrected chi connectivity index (χ0v) is 11.0. The van der Waals surface area contributed by atoms with Crippen LogP contribution in [0.3, 0.4) is 0 Å². The van der Waals surface area contributed by atoms with Crippen LogP contribution >= 0.6 is 11.3 Å². The van der Waals surface area contributed by atoms with E-state index in [4.69, 9.17) is 5.73 Å². The second-order valence-corrected chi connectivity index (χ2v) is 6.25. The lowest BCUT2D eigenvalue weighted by Gasteiger charge is -2.24. The third-order valence-corrected chi connectivity index (χ3v) is 4.79. The molecular formula is C13H17N3S. The van der Waals surface area contributed by atoms with Gasteiger partial charge in [-0.2, -0.15) is 0 Å². The van der Waals surface area contributed by atoms with Crippen molar-refractivity contribution in [2.45, 2.75) is 32.7 Å². The van der Waals surface area contributed by atoms with Crippen LogP contribution < -0.4 is 11.1 Å². The first kappa shape index (κ1) is 10.8. The Morgan fingerprint density at radius 2 is 2.29 bits per heavy atom. The van der Waals surface area contributed by atoms with Crippen molar-refractivity contribution in [2.24, 2.45) is 5.41 Å². The molecule has 0 radical (unpaired) electrons. The van der Waals surface area contributed by atoms with Gasteiger partial charge in [-0.1, -0.05) is 24.3 Å². The number of rotatable bonds is 2. The second kappa shape index (κ2) is 3.60. The van der Waals surface area contributed by atoms with Gasteiger partial charge in [-0.3, -0.25) is 0 Å². The van der Waals surface area contributed by atoms with Crippen molar-refractivity contribution in [2.75, 3.05) is 5.73 Å². The summed E-state index contributed by atoms with van der Waals surface area (Å²) in [5.74, 6) is 0. The predicted molar refractivity (Wildman–Crippen MR) is 72.6 cm³/mol. The van der Waals surface area contributed by atoms with Gasteiger partial charge in [0.1, 0.15) is 0 Å². The molecule has 1 aromatic heterocycles. The van der Waals surface area contributed by atoms with Gasteiger partial charge in [0.25, 0.3) is 0 Å². The maximum atomic E-state index is 5.76. The number of aryl methyl sites for hydroxylation is 1. The van der Waals surface area contributed by atoms with Gasteiger partial charge in [-0.05, 0) is 43.0 Å². The molecule has 1 aliphatic carbocycles. The van der Waals surface area contributed by atoms with E-state index < -0.39 is 0 Å². The molecule has 1 aromatic rings. The summed E-state index contributed by atoms with van der Waals surface area (Å²) in [6.07, 6.45) is 9.12. The Morgan fingerprint density at radius 1 is 1.53 bits per heavy atom. The topological polar surface area (TPSA) is 50.9 Å². The maximum absolute atomic E-state index is 5.76. The van der Waals surface area contributed by atoms with Crippen LogP contribution in [0.25, 0.3) is 5.57 Å². The zero-order chi connectivity index (χ0) is 12.0. The van der Waals surface area contributed by atoms with E-state index in [2.05, 4.69) is 35.6 Å². The van der Waals surface area contributed by atoms with Crippen LogP contribution in [0.2, 0.25) is 0 Å². The maximum Gasteiger partial charge on any atom is 0.180 e. The average Bonchev–Trinajstić information content (AvgIpc) is 2.97. The van der Waals surface area contributed by atoms with E-state index in [1.165, 1.54) is 23.3 Å². The molecule has 1 aliphatic heterocycles. The predicted octanol–water partition coefficient (Wildman–Crippen LogP) is 2.70. The van der Waals surface area contributed by atoms with Crippen LogP contribution in [0.4, 0.5) is 5.13 Å². The van der Waals surface area contributed by atoms with Crippen LogP contribution in [-0.4, -0.2) is 11.0 Å². The van der Waals surface area contributed by atoms with E-state index >= 15 is 0 Å². The number of nitrogen functional groups attached to an aromatic ring is 1. The van der Waals surface area contributed by atoms with Crippen molar-refractivity contribution >= 4 is 22.0 Å². The van der Waals surface area contributed by atoms with Crippen LogP contribution in [0.5, 0.6) is 0 Å². The van der Waals surface area contributed by atoms with Crippen molar-refractivity contribution in [3.8, 4) is 0 Å². The quantitative estimate of drug-likeness (QED) is 0.845. The number of allylic oxidation sites excluding steroid dienone is 2. The highest BCUT2D eigenvalue weighted by Gasteiger charge is 2.44. The molecule has 0 saturated heterocycles. The number of hydrogen-bond donors (Lipinski definition) is 2. The Morgan fingerprint density at radius 3 is 2.88 bits per heavy atom. The number of nitrogens with zero attached hydrogens (tertiary/aromatic N) is 1. The molecule has 0 bridgehead atoms. The lowest BCUT2D eigenvalue weighted by molar-refractivity contribution is 0.454. The number of dihydropyridines is 1. The van der Waals surface area contributed by atoms with E-state index in [1.807, 2.05) is 6.92 Å². The molecule has 17 heavy (non-hydrogen) atoms. The first-order chi connectivity index (χ1) is 8.08. The van der Waals surface area contributed by atoms with Gasteiger partial charge in [0.2, 0.25) is 0 Å². The Hall–Kier alpha value is -1.29. The summed E-state index contributed by atoms with van der Waals surface area (Å²) in [5, 5.41) is 4.10. The Labute approximate surface area is 105 Å². The van der Waals surface area contributed by atoms with Crippen LogP contribution in [0.15, 0.2) is 18.4 Å². The Bertz CT molecular complexity index is 509. The third-order valence-electron chi connectivity index (χ3n) is 3.75. The summed E-state index contributed by atoms with van der Waals surface area (Å²) in [6, 6.07) is 0.449. The van der Waals surface area contributed by atoms with E-state index in [9.17, 15) is 0 Å². The van der Waals surface area contributed by atoms with Gasteiger partial charge in [0, 0.05) is 0 Å². The van der Waals surface area contributed by atoms with Crippen LogP contribution in [0, 0.1) is 12.3 Å². The van der Waals surface area contributed by atoms with Crippen LogP contribution in [0.1, 0.15) is 30.3 Å². The van der Waals surface area contributed by atoms with Crippen molar-refractivity contribution in [3.63, 3.8) is 0 Å². The number of nitrogens with one attached hydrogen (secondary N) is 1. The molecule has 3 nitrogen and oxygen atoms in total. The van der Waals surface area contributed by atoms with Crippen molar-refractivity contribution in [1.29, 1.82) is 0 Å².